The van der Waals surface area contributed by atoms with Gasteiger partial charge in [-0.3, -0.25) is 5.32 Å². The average molecular weight is 219 g/mol. The van der Waals surface area contributed by atoms with Crippen molar-refractivity contribution in [2.45, 2.75) is 39.4 Å². The van der Waals surface area contributed by atoms with E-state index in [9.17, 15) is 9.59 Å². The molecule has 1 atom stereocenters. The molecular formula is C9H17NO5. The van der Waals surface area contributed by atoms with Gasteiger partial charge in [-0.2, -0.15) is 0 Å². The zero-order valence-electron chi connectivity index (χ0n) is 9.36. The standard InChI is InChI=1S/C9H17NO5/c1-6(11)7(12)14-5-10-8(13)15-9(2,3)4/h6,11H,5H2,1-4H3,(H,10,13). The minimum absolute atomic E-state index is 0.321. The van der Waals surface area contributed by atoms with Crippen LogP contribution in [0.4, 0.5) is 4.79 Å². The summed E-state index contributed by atoms with van der Waals surface area (Å²) in [6, 6.07) is 0. The molecule has 0 aliphatic heterocycles. The Bertz CT molecular complexity index is 231. The Kier molecular flexibility index (Phi) is 5.07. The summed E-state index contributed by atoms with van der Waals surface area (Å²) in [5.74, 6) is -0.800. The maximum atomic E-state index is 11.0. The van der Waals surface area contributed by atoms with Gasteiger partial charge >= 0.3 is 12.1 Å². The first kappa shape index (κ1) is 13.7. The number of carbonyl (C=O) groups excluding carboxylic acids is 2. The van der Waals surface area contributed by atoms with Crippen LogP contribution in [0.2, 0.25) is 0 Å². The number of alkyl carbamates (subject to hydrolysis) is 1. The van der Waals surface area contributed by atoms with Crippen LogP contribution in [-0.2, 0) is 14.3 Å². The van der Waals surface area contributed by atoms with Crippen LogP contribution < -0.4 is 5.32 Å². The highest BCUT2D eigenvalue weighted by atomic mass is 16.6. The number of carbonyl (C=O) groups is 2. The van der Waals surface area contributed by atoms with Gasteiger partial charge in [-0.15, -0.1) is 0 Å². The molecule has 88 valence electrons. The highest BCUT2D eigenvalue weighted by molar-refractivity contribution is 5.74. The highest BCUT2D eigenvalue weighted by Gasteiger charge is 2.16. The maximum absolute atomic E-state index is 11.0. The van der Waals surface area contributed by atoms with Gasteiger partial charge in [0.1, 0.15) is 11.7 Å². The largest absolute Gasteiger partial charge is 0.444 e. The Labute approximate surface area is 88.6 Å². The molecule has 0 radical (unpaired) electrons. The Morgan fingerprint density at radius 1 is 1.40 bits per heavy atom. The third-order valence-electron chi connectivity index (χ3n) is 1.17. The van der Waals surface area contributed by atoms with Crippen molar-refractivity contribution >= 4 is 12.1 Å². The molecular weight excluding hydrogens is 202 g/mol. The number of nitrogens with one attached hydrogen (secondary N) is 1. The number of amides is 1. The van der Waals surface area contributed by atoms with E-state index >= 15 is 0 Å². The Hall–Kier alpha value is -1.30. The van der Waals surface area contributed by atoms with E-state index in [4.69, 9.17) is 9.84 Å². The molecule has 0 aromatic rings. The fourth-order valence-corrected chi connectivity index (χ4v) is 0.601. The number of aliphatic hydroxyl groups excluding tert-OH is 1. The highest BCUT2D eigenvalue weighted by Crippen LogP contribution is 2.06. The van der Waals surface area contributed by atoms with Gasteiger partial charge < -0.3 is 14.6 Å². The molecule has 0 heterocycles. The number of aliphatic hydroxyl groups is 1. The molecule has 0 saturated heterocycles. The van der Waals surface area contributed by atoms with Crippen molar-refractivity contribution in [2.75, 3.05) is 6.73 Å². The fraction of sp³-hybridized carbons (Fsp3) is 0.778. The lowest BCUT2D eigenvalue weighted by Crippen LogP contribution is -2.35. The van der Waals surface area contributed by atoms with Crippen molar-refractivity contribution in [3.05, 3.63) is 0 Å². The Morgan fingerprint density at radius 3 is 2.33 bits per heavy atom. The lowest BCUT2D eigenvalue weighted by atomic mass is 10.2. The first-order valence-electron chi connectivity index (χ1n) is 4.54. The molecule has 0 aliphatic carbocycles. The molecule has 0 spiro atoms. The fourth-order valence-electron chi connectivity index (χ4n) is 0.601. The summed E-state index contributed by atoms with van der Waals surface area (Å²) in [7, 11) is 0. The zero-order chi connectivity index (χ0) is 12.1. The van der Waals surface area contributed by atoms with Crippen LogP contribution in [0.5, 0.6) is 0 Å². The van der Waals surface area contributed by atoms with E-state index in [-0.39, 0.29) is 6.73 Å². The summed E-state index contributed by atoms with van der Waals surface area (Å²) in [6.07, 6.45) is -1.88. The van der Waals surface area contributed by atoms with Gasteiger partial charge in [-0.05, 0) is 27.7 Å². The van der Waals surface area contributed by atoms with Gasteiger partial charge in [-0.25, -0.2) is 9.59 Å². The van der Waals surface area contributed by atoms with E-state index in [1.54, 1.807) is 20.8 Å². The number of esters is 1. The average Bonchev–Trinajstić information content (AvgIpc) is 2.00. The lowest BCUT2D eigenvalue weighted by Gasteiger charge is -2.19. The van der Waals surface area contributed by atoms with E-state index in [0.717, 1.165) is 0 Å². The monoisotopic (exact) mass is 219 g/mol. The van der Waals surface area contributed by atoms with Crippen molar-refractivity contribution in [1.29, 1.82) is 0 Å². The number of ether oxygens (including phenoxy) is 2. The molecule has 6 heteroatoms. The summed E-state index contributed by atoms with van der Waals surface area (Å²) in [5, 5.41) is 11.0. The molecule has 0 aliphatic rings. The van der Waals surface area contributed by atoms with Crippen molar-refractivity contribution in [1.82, 2.24) is 5.32 Å². The van der Waals surface area contributed by atoms with Crippen molar-refractivity contribution in [2.24, 2.45) is 0 Å². The molecule has 0 saturated carbocycles. The maximum Gasteiger partial charge on any atom is 0.410 e. The van der Waals surface area contributed by atoms with E-state index in [1.165, 1.54) is 6.92 Å². The second kappa shape index (κ2) is 5.55. The van der Waals surface area contributed by atoms with Crippen LogP contribution in [0.25, 0.3) is 0 Å². The first-order chi connectivity index (χ1) is 6.72. The van der Waals surface area contributed by atoms with Crippen LogP contribution in [0, 0.1) is 0 Å². The Balaban J connectivity index is 3.70. The first-order valence-corrected chi connectivity index (χ1v) is 4.54. The molecule has 0 aromatic carbocycles. The molecule has 0 fully saturated rings. The second-order valence-electron chi connectivity index (χ2n) is 3.96. The van der Waals surface area contributed by atoms with Gasteiger partial charge in [0.15, 0.2) is 6.73 Å². The molecule has 15 heavy (non-hydrogen) atoms. The van der Waals surface area contributed by atoms with Crippen LogP contribution in [-0.4, -0.2) is 35.6 Å². The van der Waals surface area contributed by atoms with Crippen molar-refractivity contribution in [3.8, 4) is 0 Å². The predicted octanol–water partition coefficient (Wildman–Crippen LogP) is 0.393. The third kappa shape index (κ3) is 7.75. The quantitative estimate of drug-likeness (QED) is 0.530. The smallest absolute Gasteiger partial charge is 0.410 e. The van der Waals surface area contributed by atoms with Crippen LogP contribution in [0.1, 0.15) is 27.7 Å². The zero-order valence-corrected chi connectivity index (χ0v) is 9.36. The lowest BCUT2D eigenvalue weighted by molar-refractivity contribution is -0.153. The van der Waals surface area contributed by atoms with Crippen molar-refractivity contribution in [3.63, 3.8) is 0 Å². The topological polar surface area (TPSA) is 84.9 Å². The van der Waals surface area contributed by atoms with Gasteiger partial charge in [0.05, 0.1) is 0 Å². The number of hydrogen-bond donors (Lipinski definition) is 2. The SMILES string of the molecule is CC(O)C(=O)OCNC(=O)OC(C)(C)C. The Morgan fingerprint density at radius 2 is 1.93 bits per heavy atom. The van der Waals surface area contributed by atoms with Gasteiger partial charge in [0.2, 0.25) is 0 Å². The van der Waals surface area contributed by atoms with Gasteiger partial charge in [0.25, 0.3) is 0 Å². The van der Waals surface area contributed by atoms with Gasteiger partial charge in [0, 0.05) is 0 Å². The van der Waals surface area contributed by atoms with Crippen LogP contribution in [0.15, 0.2) is 0 Å². The minimum atomic E-state index is -1.20. The predicted molar refractivity (Wildman–Crippen MR) is 52.0 cm³/mol. The van der Waals surface area contributed by atoms with E-state index in [0.29, 0.717) is 0 Å². The molecule has 0 rings (SSSR count). The molecule has 1 unspecified atom stereocenters. The molecule has 2 N–H and O–H groups in total. The minimum Gasteiger partial charge on any atom is -0.444 e. The summed E-state index contributed by atoms with van der Waals surface area (Å²) in [6.45, 7) is 6.10. The molecule has 1 amide bonds. The summed E-state index contributed by atoms with van der Waals surface area (Å²) >= 11 is 0. The normalized spacial score (nSPS) is 12.9. The molecule has 6 nitrogen and oxygen atoms in total. The summed E-state index contributed by atoms with van der Waals surface area (Å²) in [5.41, 5.74) is -0.599. The van der Waals surface area contributed by atoms with E-state index in [2.05, 4.69) is 10.1 Å². The third-order valence-corrected chi connectivity index (χ3v) is 1.17. The van der Waals surface area contributed by atoms with Crippen LogP contribution >= 0.6 is 0 Å². The molecule has 0 bridgehead atoms. The number of rotatable bonds is 3. The van der Waals surface area contributed by atoms with Crippen molar-refractivity contribution < 1.29 is 24.2 Å². The van der Waals surface area contributed by atoms with Crippen LogP contribution in [0.3, 0.4) is 0 Å². The second-order valence-corrected chi connectivity index (χ2v) is 3.96. The molecule has 0 aromatic heterocycles. The van der Waals surface area contributed by atoms with E-state index in [1.807, 2.05) is 0 Å². The van der Waals surface area contributed by atoms with E-state index < -0.39 is 23.8 Å². The number of hydrogen-bond acceptors (Lipinski definition) is 5. The summed E-state index contributed by atoms with van der Waals surface area (Å²) in [4.78, 5) is 21.8. The van der Waals surface area contributed by atoms with Gasteiger partial charge in [-0.1, -0.05) is 0 Å². The summed E-state index contributed by atoms with van der Waals surface area (Å²) < 4.78 is 9.36.